The first kappa shape index (κ1) is 38.3. The Morgan fingerprint density at radius 2 is 1.12 bits per heavy atom. The molecule has 0 heteroatoms. The summed E-state index contributed by atoms with van der Waals surface area (Å²) in [6, 6.07) is 0. The quantitative estimate of drug-likeness (QED) is 0.355. The molecule has 24 heavy (non-hydrogen) atoms. The molecule has 0 spiro atoms. The van der Waals surface area contributed by atoms with E-state index in [0.717, 1.165) is 5.92 Å². The van der Waals surface area contributed by atoms with Crippen LogP contribution in [0.25, 0.3) is 0 Å². The van der Waals surface area contributed by atoms with Crippen LogP contribution in [0.15, 0.2) is 61.3 Å². The van der Waals surface area contributed by atoms with Gasteiger partial charge in [0.15, 0.2) is 0 Å². The molecule has 0 amide bonds. The van der Waals surface area contributed by atoms with Gasteiger partial charge in [0.05, 0.1) is 0 Å². The topological polar surface area (TPSA) is 0 Å². The Balaban J connectivity index is -0.0000000518. The van der Waals surface area contributed by atoms with Crippen molar-refractivity contribution in [2.75, 3.05) is 0 Å². The molecular weight excluding hydrogens is 288 g/mol. The minimum Gasteiger partial charge on any atom is -0.106 e. The first-order valence-corrected chi connectivity index (χ1v) is 9.42. The molecule has 0 aromatic carbocycles. The SMILES string of the molecule is C=C.C=C/C=C\C=C(/C)C=C(C)C.CC.CC.CC(C)C.CCC. The summed E-state index contributed by atoms with van der Waals surface area (Å²) in [6.07, 6.45) is 11.1. The maximum Gasteiger partial charge on any atom is -0.0398 e. The second-order valence-corrected chi connectivity index (χ2v) is 5.19. The predicted molar refractivity (Wildman–Crippen MR) is 123 cm³/mol. The Morgan fingerprint density at radius 1 is 0.833 bits per heavy atom. The van der Waals surface area contributed by atoms with Gasteiger partial charge in [-0.25, -0.2) is 0 Å². The van der Waals surface area contributed by atoms with Crippen LogP contribution in [0.1, 0.15) is 89.5 Å². The Bertz CT molecular complexity index is 255. The lowest BCUT2D eigenvalue weighted by molar-refractivity contribution is 0.737. The van der Waals surface area contributed by atoms with E-state index in [2.05, 4.69) is 87.3 Å². The summed E-state index contributed by atoms with van der Waals surface area (Å²) in [4.78, 5) is 0. The first-order valence-electron chi connectivity index (χ1n) is 9.42. The van der Waals surface area contributed by atoms with Crippen molar-refractivity contribution in [1.29, 1.82) is 0 Å². The van der Waals surface area contributed by atoms with Gasteiger partial charge in [0, 0.05) is 0 Å². The van der Waals surface area contributed by atoms with E-state index < -0.39 is 0 Å². The van der Waals surface area contributed by atoms with Gasteiger partial charge in [-0.2, -0.15) is 0 Å². The molecule has 0 N–H and O–H groups in total. The number of allylic oxidation sites excluding steroid dienone is 7. The van der Waals surface area contributed by atoms with Crippen LogP contribution in [0.4, 0.5) is 0 Å². The molecule has 0 atom stereocenters. The molecule has 0 nitrogen and oxygen atoms in total. The zero-order chi connectivity index (χ0) is 21.0. The van der Waals surface area contributed by atoms with Gasteiger partial charge >= 0.3 is 0 Å². The van der Waals surface area contributed by atoms with Gasteiger partial charge in [0.2, 0.25) is 0 Å². The molecule has 0 rings (SSSR count). The second-order valence-electron chi connectivity index (χ2n) is 5.19. The third kappa shape index (κ3) is 135. The normalized spacial score (nSPS) is 8.29. The Labute approximate surface area is 157 Å². The number of hydrogen-bond donors (Lipinski definition) is 0. The third-order valence-corrected chi connectivity index (χ3v) is 1.12. The fraction of sp³-hybridized carbons (Fsp3) is 0.583. The van der Waals surface area contributed by atoms with Gasteiger partial charge in [-0.3, -0.25) is 0 Å². The zero-order valence-corrected chi connectivity index (χ0v) is 19.3. The van der Waals surface area contributed by atoms with Crippen molar-refractivity contribution in [2.45, 2.75) is 89.5 Å². The summed E-state index contributed by atoms with van der Waals surface area (Å²) >= 11 is 0. The lowest BCUT2D eigenvalue weighted by Crippen LogP contribution is -1.68. The molecule has 0 radical (unpaired) electrons. The van der Waals surface area contributed by atoms with Crippen molar-refractivity contribution in [3.05, 3.63) is 61.3 Å². The van der Waals surface area contributed by atoms with E-state index >= 15 is 0 Å². The van der Waals surface area contributed by atoms with Crippen molar-refractivity contribution < 1.29 is 0 Å². The fourth-order valence-electron chi connectivity index (χ4n) is 0.789. The van der Waals surface area contributed by atoms with Crippen molar-refractivity contribution in [2.24, 2.45) is 5.92 Å². The molecule has 0 fully saturated rings. The van der Waals surface area contributed by atoms with Crippen LogP contribution in [0.5, 0.6) is 0 Å². The predicted octanol–water partition coefficient (Wildman–Crippen LogP) is 9.57. The van der Waals surface area contributed by atoms with Crippen molar-refractivity contribution in [3.8, 4) is 0 Å². The van der Waals surface area contributed by atoms with Crippen LogP contribution >= 0.6 is 0 Å². The van der Waals surface area contributed by atoms with Crippen LogP contribution in [0.3, 0.4) is 0 Å². The smallest absolute Gasteiger partial charge is 0.0398 e. The second kappa shape index (κ2) is 49.5. The Morgan fingerprint density at radius 3 is 1.33 bits per heavy atom. The Hall–Kier alpha value is -1.30. The lowest BCUT2D eigenvalue weighted by atomic mass is 10.2. The van der Waals surface area contributed by atoms with Gasteiger partial charge in [-0.15, -0.1) is 13.2 Å². The van der Waals surface area contributed by atoms with E-state index in [1.54, 1.807) is 6.08 Å². The van der Waals surface area contributed by atoms with Crippen LogP contribution in [-0.2, 0) is 0 Å². The highest BCUT2D eigenvalue weighted by atomic mass is 13.9. The third-order valence-electron chi connectivity index (χ3n) is 1.12. The molecule has 0 unspecified atom stereocenters. The molecule has 0 saturated heterocycles. The fourth-order valence-corrected chi connectivity index (χ4v) is 0.789. The molecular formula is C24H50. The summed E-state index contributed by atoms with van der Waals surface area (Å²) in [5, 5.41) is 0. The van der Waals surface area contributed by atoms with Crippen molar-refractivity contribution >= 4 is 0 Å². The lowest BCUT2D eigenvalue weighted by Gasteiger charge is -1.89. The molecule has 0 heterocycles. The zero-order valence-electron chi connectivity index (χ0n) is 19.3. The molecule has 0 aliphatic rings. The van der Waals surface area contributed by atoms with E-state index in [-0.39, 0.29) is 0 Å². The first-order chi connectivity index (χ1) is 11.3. The average Bonchev–Trinajstić information content (AvgIpc) is 2.53. The maximum absolute atomic E-state index is 3.59. The van der Waals surface area contributed by atoms with Gasteiger partial charge in [0.25, 0.3) is 0 Å². The standard InChI is InChI=1S/C11H16.C4H10.C3H8.2C2H6.C2H4/c1-5-6-7-8-11(4)9-10(2)3;1-4(2)3;1-3-2;3*1-2/h5-9H,1H2,2-4H3;4H,1-3H3;3H2,1-2H3;2*1-2H3;1-2H2/b7-6-,11-8+;;;;;. The molecule has 0 bridgehead atoms. The van der Waals surface area contributed by atoms with Crippen molar-refractivity contribution in [3.63, 3.8) is 0 Å². The summed E-state index contributed by atoms with van der Waals surface area (Å²) in [5.74, 6) is 0.833. The highest BCUT2D eigenvalue weighted by Gasteiger charge is 1.79. The van der Waals surface area contributed by atoms with Crippen LogP contribution < -0.4 is 0 Å². The maximum atomic E-state index is 3.59. The molecule has 0 aromatic heterocycles. The summed E-state index contributed by atoms with van der Waals surface area (Å²) in [5.41, 5.74) is 2.59. The number of hydrogen-bond acceptors (Lipinski definition) is 0. The highest BCUT2D eigenvalue weighted by molar-refractivity contribution is 5.24. The van der Waals surface area contributed by atoms with Gasteiger partial charge < -0.3 is 0 Å². The van der Waals surface area contributed by atoms with Gasteiger partial charge in [-0.1, -0.05) is 117 Å². The van der Waals surface area contributed by atoms with E-state index in [0.29, 0.717) is 0 Å². The van der Waals surface area contributed by atoms with Crippen LogP contribution in [0, 0.1) is 5.92 Å². The van der Waals surface area contributed by atoms with Gasteiger partial charge in [0.1, 0.15) is 0 Å². The highest BCUT2D eigenvalue weighted by Crippen LogP contribution is 2.00. The molecule has 0 aliphatic heterocycles. The van der Waals surface area contributed by atoms with E-state index in [4.69, 9.17) is 0 Å². The monoisotopic (exact) mass is 338 g/mol. The summed E-state index contributed by atoms with van der Waals surface area (Å²) in [7, 11) is 0. The van der Waals surface area contributed by atoms with Crippen molar-refractivity contribution in [1.82, 2.24) is 0 Å². The largest absolute Gasteiger partial charge is 0.106 e. The van der Waals surface area contributed by atoms with Gasteiger partial charge in [-0.05, 0) is 26.7 Å². The van der Waals surface area contributed by atoms with Crippen LogP contribution in [-0.4, -0.2) is 0 Å². The summed E-state index contributed by atoms with van der Waals surface area (Å²) in [6.45, 7) is 34.6. The van der Waals surface area contributed by atoms with E-state index in [9.17, 15) is 0 Å². The molecule has 0 saturated carbocycles. The minimum absolute atomic E-state index is 0.833. The van der Waals surface area contributed by atoms with E-state index in [1.165, 1.54) is 17.6 Å². The minimum atomic E-state index is 0.833. The van der Waals surface area contributed by atoms with E-state index in [1.807, 2.05) is 39.8 Å². The molecule has 0 aromatic rings. The van der Waals surface area contributed by atoms with Crippen LogP contribution in [0.2, 0.25) is 0 Å². The summed E-state index contributed by atoms with van der Waals surface area (Å²) < 4.78 is 0. The average molecular weight is 339 g/mol. The molecule has 0 aliphatic carbocycles. The molecule has 146 valence electrons. The number of rotatable bonds is 3. The Kier molecular flexibility index (Phi) is 79.1.